The molecule has 0 amide bonds. The third-order valence-electron chi connectivity index (χ3n) is 2.54. The lowest BCUT2D eigenvalue weighted by atomic mass is 10.3. The zero-order valence-corrected chi connectivity index (χ0v) is 11.8. The molecule has 4 nitrogen and oxygen atoms in total. The third kappa shape index (κ3) is 3.21. The van der Waals surface area contributed by atoms with Crippen molar-refractivity contribution in [2.24, 2.45) is 0 Å². The Morgan fingerprint density at radius 2 is 1.89 bits per heavy atom. The summed E-state index contributed by atoms with van der Waals surface area (Å²) in [5.74, 6) is -0.325. The Kier molecular flexibility index (Phi) is 4.01. The van der Waals surface area contributed by atoms with E-state index in [1.165, 1.54) is 30.6 Å². The van der Waals surface area contributed by atoms with Gasteiger partial charge in [-0.2, -0.15) is 0 Å². The summed E-state index contributed by atoms with van der Waals surface area (Å²) in [5.41, 5.74) is 0. The maximum absolute atomic E-state index is 12.1. The van der Waals surface area contributed by atoms with E-state index < -0.39 is 15.6 Å². The molecule has 0 aliphatic rings. The highest BCUT2D eigenvalue weighted by Gasteiger charge is 2.20. The average Bonchev–Trinajstić information content (AvgIpc) is 2.92. The summed E-state index contributed by atoms with van der Waals surface area (Å²) in [4.78, 5) is 12.4. The standard InChI is InChI=1S/C13H12O4S2/c1-17-10-4-6-11(7-5-10)19(15,16)9-12(14)13-3-2-8-18-13/h2-8H,9H2,1H3. The van der Waals surface area contributed by atoms with Gasteiger partial charge in [0.05, 0.1) is 16.9 Å². The van der Waals surface area contributed by atoms with Crippen LogP contribution in [0.5, 0.6) is 5.75 Å². The van der Waals surface area contributed by atoms with Gasteiger partial charge in [-0.3, -0.25) is 4.79 Å². The number of Topliss-reactive ketones (excluding diaryl/α,β-unsaturated/α-hetero) is 1. The van der Waals surface area contributed by atoms with E-state index in [1.807, 2.05) is 0 Å². The molecule has 1 heterocycles. The minimum absolute atomic E-state index is 0.123. The summed E-state index contributed by atoms with van der Waals surface area (Å²) in [6.45, 7) is 0. The summed E-state index contributed by atoms with van der Waals surface area (Å²) in [5, 5.41) is 1.74. The smallest absolute Gasteiger partial charge is 0.188 e. The van der Waals surface area contributed by atoms with Crippen LogP contribution < -0.4 is 4.74 Å². The molecule has 2 rings (SSSR count). The van der Waals surface area contributed by atoms with E-state index >= 15 is 0 Å². The Morgan fingerprint density at radius 1 is 1.21 bits per heavy atom. The van der Waals surface area contributed by atoms with Gasteiger partial charge in [-0.1, -0.05) is 6.07 Å². The van der Waals surface area contributed by atoms with Crippen LogP contribution >= 0.6 is 11.3 Å². The van der Waals surface area contributed by atoms with Crippen LogP contribution in [0.15, 0.2) is 46.7 Å². The lowest BCUT2D eigenvalue weighted by Crippen LogP contribution is -2.15. The van der Waals surface area contributed by atoms with Crippen molar-refractivity contribution >= 4 is 27.0 Å². The summed E-state index contributed by atoms with van der Waals surface area (Å²) >= 11 is 1.24. The number of ether oxygens (including phenoxy) is 1. The van der Waals surface area contributed by atoms with Gasteiger partial charge in [0.2, 0.25) is 0 Å². The summed E-state index contributed by atoms with van der Waals surface area (Å²) in [6, 6.07) is 9.34. The number of thiophene rings is 1. The van der Waals surface area contributed by atoms with E-state index in [1.54, 1.807) is 29.6 Å². The second-order valence-corrected chi connectivity index (χ2v) is 6.77. The Hall–Kier alpha value is -1.66. The molecular weight excluding hydrogens is 284 g/mol. The van der Waals surface area contributed by atoms with Crippen molar-refractivity contribution in [2.45, 2.75) is 4.90 Å². The van der Waals surface area contributed by atoms with E-state index in [0.29, 0.717) is 10.6 Å². The zero-order chi connectivity index (χ0) is 13.9. The van der Waals surface area contributed by atoms with Crippen molar-refractivity contribution in [3.8, 4) is 5.75 Å². The van der Waals surface area contributed by atoms with Gasteiger partial charge in [-0.25, -0.2) is 8.42 Å². The van der Waals surface area contributed by atoms with Crippen molar-refractivity contribution in [2.75, 3.05) is 12.9 Å². The van der Waals surface area contributed by atoms with Crippen molar-refractivity contribution in [1.29, 1.82) is 0 Å². The first-order chi connectivity index (χ1) is 9.03. The highest BCUT2D eigenvalue weighted by molar-refractivity contribution is 7.92. The molecule has 0 unspecified atom stereocenters. The van der Waals surface area contributed by atoms with Gasteiger partial charge < -0.3 is 4.74 Å². The Bertz CT molecular complexity index is 655. The topological polar surface area (TPSA) is 60.4 Å². The van der Waals surface area contributed by atoms with Gasteiger partial charge in [-0.15, -0.1) is 11.3 Å². The van der Waals surface area contributed by atoms with Crippen LogP contribution in [0.25, 0.3) is 0 Å². The molecule has 19 heavy (non-hydrogen) atoms. The number of methoxy groups -OCH3 is 1. The molecule has 0 fully saturated rings. The summed E-state index contributed by atoms with van der Waals surface area (Å²) in [7, 11) is -2.11. The zero-order valence-electron chi connectivity index (χ0n) is 10.2. The Morgan fingerprint density at radius 3 is 2.42 bits per heavy atom. The molecule has 0 N–H and O–H groups in total. The normalized spacial score (nSPS) is 11.2. The molecule has 6 heteroatoms. The minimum Gasteiger partial charge on any atom is -0.497 e. The van der Waals surface area contributed by atoms with E-state index in [9.17, 15) is 13.2 Å². The number of sulfone groups is 1. The lowest BCUT2D eigenvalue weighted by molar-refractivity contribution is 0.102. The van der Waals surface area contributed by atoms with Gasteiger partial charge in [-0.05, 0) is 35.7 Å². The van der Waals surface area contributed by atoms with Crippen molar-refractivity contribution in [3.63, 3.8) is 0 Å². The quantitative estimate of drug-likeness (QED) is 0.795. The van der Waals surface area contributed by atoms with Gasteiger partial charge >= 0.3 is 0 Å². The second-order valence-electron chi connectivity index (χ2n) is 3.84. The van der Waals surface area contributed by atoms with E-state index in [0.717, 1.165) is 0 Å². The van der Waals surface area contributed by atoms with Crippen LogP contribution in [0.4, 0.5) is 0 Å². The predicted molar refractivity (Wildman–Crippen MR) is 73.7 cm³/mol. The number of benzene rings is 1. The first-order valence-corrected chi connectivity index (χ1v) is 7.99. The predicted octanol–water partition coefficient (Wildman–Crippen LogP) is 2.41. The van der Waals surface area contributed by atoms with Gasteiger partial charge in [0.1, 0.15) is 11.5 Å². The number of hydrogen-bond donors (Lipinski definition) is 0. The maximum Gasteiger partial charge on any atom is 0.188 e. The van der Waals surface area contributed by atoms with Crippen LogP contribution in [0.2, 0.25) is 0 Å². The molecule has 1 aromatic carbocycles. The van der Waals surface area contributed by atoms with Crippen molar-refractivity contribution < 1.29 is 17.9 Å². The van der Waals surface area contributed by atoms with Gasteiger partial charge in [0.25, 0.3) is 0 Å². The minimum atomic E-state index is -3.61. The molecule has 0 aliphatic heterocycles. The van der Waals surface area contributed by atoms with Gasteiger partial charge in [0.15, 0.2) is 15.6 Å². The third-order valence-corrected chi connectivity index (χ3v) is 5.08. The number of ketones is 1. The molecule has 1 aromatic heterocycles. The molecule has 0 bridgehead atoms. The number of rotatable bonds is 5. The molecule has 0 aliphatic carbocycles. The van der Waals surface area contributed by atoms with Crippen LogP contribution in [-0.2, 0) is 9.84 Å². The Balaban J connectivity index is 2.20. The molecular formula is C13H12O4S2. The Labute approximate surface area is 115 Å². The first kappa shape index (κ1) is 13.8. The molecule has 2 aromatic rings. The first-order valence-electron chi connectivity index (χ1n) is 5.46. The van der Waals surface area contributed by atoms with Crippen LogP contribution in [0.3, 0.4) is 0 Å². The fourth-order valence-corrected chi connectivity index (χ4v) is 3.52. The molecule has 0 atom stereocenters. The van der Waals surface area contributed by atoms with Crippen molar-refractivity contribution in [3.05, 3.63) is 46.7 Å². The van der Waals surface area contributed by atoms with Gasteiger partial charge in [0, 0.05) is 0 Å². The van der Waals surface area contributed by atoms with E-state index in [2.05, 4.69) is 0 Å². The number of hydrogen-bond acceptors (Lipinski definition) is 5. The summed E-state index contributed by atoms with van der Waals surface area (Å²) in [6.07, 6.45) is 0. The van der Waals surface area contributed by atoms with Crippen LogP contribution in [-0.4, -0.2) is 27.1 Å². The SMILES string of the molecule is COc1ccc(S(=O)(=O)CC(=O)c2cccs2)cc1. The fraction of sp³-hybridized carbons (Fsp3) is 0.154. The van der Waals surface area contributed by atoms with Crippen molar-refractivity contribution in [1.82, 2.24) is 0 Å². The molecule has 0 saturated carbocycles. The van der Waals surface area contributed by atoms with E-state index in [4.69, 9.17) is 4.74 Å². The molecule has 100 valence electrons. The monoisotopic (exact) mass is 296 g/mol. The number of carbonyl (C=O) groups excluding carboxylic acids is 1. The largest absolute Gasteiger partial charge is 0.497 e. The molecule has 0 spiro atoms. The van der Waals surface area contributed by atoms with Crippen LogP contribution in [0, 0.1) is 0 Å². The second kappa shape index (κ2) is 5.54. The average molecular weight is 296 g/mol. The fourth-order valence-electron chi connectivity index (χ4n) is 1.55. The number of carbonyl (C=O) groups is 1. The highest BCUT2D eigenvalue weighted by Crippen LogP contribution is 2.18. The maximum atomic E-state index is 12.1. The molecule has 0 radical (unpaired) electrons. The van der Waals surface area contributed by atoms with Crippen LogP contribution in [0.1, 0.15) is 9.67 Å². The molecule has 0 saturated heterocycles. The summed E-state index contributed by atoms with van der Waals surface area (Å²) < 4.78 is 29.1. The van der Waals surface area contributed by atoms with E-state index in [-0.39, 0.29) is 10.7 Å². The lowest BCUT2D eigenvalue weighted by Gasteiger charge is -2.04. The highest BCUT2D eigenvalue weighted by atomic mass is 32.2.